The van der Waals surface area contributed by atoms with Crippen molar-refractivity contribution < 1.29 is 9.53 Å². The quantitative estimate of drug-likeness (QED) is 0.762. The fourth-order valence-corrected chi connectivity index (χ4v) is 5.00. The number of hydrogen-bond donors (Lipinski definition) is 0. The van der Waals surface area contributed by atoms with E-state index >= 15 is 0 Å². The molecule has 0 N–H and O–H groups in total. The third-order valence-electron chi connectivity index (χ3n) is 6.53. The topological polar surface area (TPSA) is 104 Å². The molecule has 0 aromatic carbocycles. The molecule has 2 aromatic heterocycles. The molecule has 1 unspecified atom stereocenters. The highest BCUT2D eigenvalue weighted by Crippen LogP contribution is 2.62. The van der Waals surface area contributed by atoms with Gasteiger partial charge in [-0.1, -0.05) is 6.07 Å². The van der Waals surface area contributed by atoms with Crippen LogP contribution >= 0.6 is 0 Å². The van der Waals surface area contributed by atoms with Gasteiger partial charge in [-0.05, 0) is 43.7 Å². The van der Waals surface area contributed by atoms with Gasteiger partial charge in [-0.15, -0.1) is 0 Å². The second-order valence-electron chi connectivity index (χ2n) is 8.61. The van der Waals surface area contributed by atoms with Crippen LogP contribution in [0.2, 0.25) is 0 Å². The zero-order chi connectivity index (χ0) is 20.7. The second-order valence-corrected chi connectivity index (χ2v) is 8.61. The van der Waals surface area contributed by atoms with Crippen LogP contribution in [-0.2, 0) is 4.79 Å². The molecule has 3 heterocycles. The molecule has 2 bridgehead atoms. The van der Waals surface area contributed by atoms with Gasteiger partial charge in [0.2, 0.25) is 11.8 Å². The largest absolute Gasteiger partial charge is 0.476 e. The lowest BCUT2D eigenvalue weighted by atomic mass is 9.70. The number of ether oxygens (including phenoxy) is 1. The zero-order valence-electron chi connectivity index (χ0n) is 16.7. The first-order chi connectivity index (χ1) is 14.6. The summed E-state index contributed by atoms with van der Waals surface area (Å²) in [5.74, 6) is 0.870. The zero-order valence-corrected chi connectivity index (χ0v) is 16.7. The van der Waals surface area contributed by atoms with Crippen LogP contribution < -0.4 is 4.74 Å². The number of amides is 1. The Kier molecular flexibility index (Phi) is 4.46. The van der Waals surface area contributed by atoms with Crippen LogP contribution in [0.15, 0.2) is 35.8 Å². The number of fused-ring (bicyclic) bond motifs is 1. The first kappa shape index (κ1) is 18.7. The number of carbonyl (C=O) groups is 1. The molecule has 3 aliphatic carbocycles. The molecule has 2 aromatic rings. The third kappa shape index (κ3) is 3.20. The van der Waals surface area contributed by atoms with Crippen molar-refractivity contribution >= 4 is 12.1 Å². The summed E-state index contributed by atoms with van der Waals surface area (Å²) < 4.78 is 5.84. The third-order valence-corrected chi connectivity index (χ3v) is 6.53. The highest BCUT2D eigenvalue weighted by Gasteiger charge is 2.59. The molecule has 3 fully saturated rings. The molecule has 4 aliphatic rings. The van der Waals surface area contributed by atoms with Gasteiger partial charge in [-0.25, -0.2) is 15.0 Å². The average molecular weight is 402 g/mol. The lowest BCUT2D eigenvalue weighted by Gasteiger charge is -2.38. The van der Waals surface area contributed by atoms with E-state index in [9.17, 15) is 4.79 Å². The Bertz CT molecular complexity index is 1020. The maximum Gasteiger partial charge on any atom is 0.246 e. The van der Waals surface area contributed by atoms with Gasteiger partial charge in [0.05, 0.1) is 24.7 Å². The number of nitrogens with zero attached hydrogens (tertiary/aromatic N) is 6. The second kappa shape index (κ2) is 7.17. The van der Waals surface area contributed by atoms with Crippen LogP contribution in [0.25, 0.3) is 0 Å². The minimum Gasteiger partial charge on any atom is -0.476 e. The van der Waals surface area contributed by atoms with Crippen LogP contribution in [0.4, 0.5) is 0 Å². The molecule has 8 nitrogen and oxygen atoms in total. The van der Waals surface area contributed by atoms with E-state index in [1.54, 1.807) is 5.01 Å². The number of hydrogen-bond acceptors (Lipinski definition) is 7. The van der Waals surface area contributed by atoms with Crippen LogP contribution in [0.1, 0.15) is 48.7 Å². The van der Waals surface area contributed by atoms with Gasteiger partial charge >= 0.3 is 0 Å². The van der Waals surface area contributed by atoms with Gasteiger partial charge in [0.25, 0.3) is 0 Å². The van der Waals surface area contributed by atoms with Crippen molar-refractivity contribution in [2.24, 2.45) is 22.4 Å². The first-order valence-electron chi connectivity index (χ1n) is 10.2. The summed E-state index contributed by atoms with van der Waals surface area (Å²) in [6.45, 7) is 2.52. The SMILES string of the molecule is Cc1ccc(C2CC=NN2C(=O)[C@H]2CC3(COc4cnc(C#N)cn4)CC2C3)nc1. The van der Waals surface area contributed by atoms with E-state index in [1.807, 2.05) is 37.5 Å². The van der Waals surface area contributed by atoms with E-state index in [4.69, 9.17) is 10.00 Å². The Morgan fingerprint density at radius 3 is 2.80 bits per heavy atom. The number of pyridine rings is 1. The predicted octanol–water partition coefficient (Wildman–Crippen LogP) is 2.81. The smallest absolute Gasteiger partial charge is 0.246 e. The van der Waals surface area contributed by atoms with E-state index in [0.717, 1.165) is 30.5 Å². The summed E-state index contributed by atoms with van der Waals surface area (Å²) in [5, 5.41) is 14.8. The normalized spacial score (nSPS) is 28.8. The van der Waals surface area contributed by atoms with Crippen molar-refractivity contribution in [3.8, 4) is 11.9 Å². The molecule has 6 rings (SSSR count). The fourth-order valence-electron chi connectivity index (χ4n) is 5.00. The van der Waals surface area contributed by atoms with E-state index < -0.39 is 0 Å². The first-order valence-corrected chi connectivity index (χ1v) is 10.2. The molecule has 152 valence electrons. The Morgan fingerprint density at radius 2 is 2.10 bits per heavy atom. The molecule has 8 heteroatoms. The molecule has 0 spiro atoms. The predicted molar refractivity (Wildman–Crippen MR) is 107 cm³/mol. The molecule has 0 radical (unpaired) electrons. The van der Waals surface area contributed by atoms with Crippen molar-refractivity contribution in [3.63, 3.8) is 0 Å². The van der Waals surface area contributed by atoms with Crippen molar-refractivity contribution in [2.75, 3.05) is 6.61 Å². The number of carbonyl (C=O) groups excluding carboxylic acids is 1. The summed E-state index contributed by atoms with van der Waals surface area (Å²) in [6, 6.07) is 5.83. The Balaban J connectivity index is 1.23. The standard InChI is InChI=1S/C22H22N6O2/c1-14-2-3-18(25-10-14)19-4-5-27-28(19)21(29)17-8-22(6-15(17)7-22)13-30-20-12-24-16(9-23)11-26-20/h2-3,5,10-12,15,17,19H,4,6-8,13H2,1H3/t15?,17-,19?,22?/m0/s1. The monoisotopic (exact) mass is 402 g/mol. The molecule has 0 saturated heterocycles. The Hall–Kier alpha value is -3.34. The van der Waals surface area contributed by atoms with Crippen LogP contribution in [-0.4, -0.2) is 38.7 Å². The van der Waals surface area contributed by atoms with E-state index in [0.29, 0.717) is 24.8 Å². The number of rotatable bonds is 5. The summed E-state index contributed by atoms with van der Waals surface area (Å²) in [6.07, 6.45) is 10.00. The Labute approximate surface area is 174 Å². The molecule has 1 aliphatic heterocycles. The summed E-state index contributed by atoms with van der Waals surface area (Å²) >= 11 is 0. The number of aryl methyl sites for hydroxylation is 1. The fraction of sp³-hybridized carbons (Fsp3) is 0.455. The van der Waals surface area contributed by atoms with Gasteiger partial charge in [0.1, 0.15) is 12.1 Å². The van der Waals surface area contributed by atoms with Crippen molar-refractivity contribution in [1.29, 1.82) is 5.26 Å². The number of aromatic nitrogens is 3. The highest BCUT2D eigenvalue weighted by atomic mass is 16.5. The maximum absolute atomic E-state index is 13.3. The van der Waals surface area contributed by atoms with Gasteiger partial charge in [0.15, 0.2) is 5.69 Å². The van der Waals surface area contributed by atoms with Crippen LogP contribution in [0.5, 0.6) is 5.88 Å². The number of nitriles is 1. The molecule has 2 atom stereocenters. The van der Waals surface area contributed by atoms with E-state index in [1.165, 1.54) is 12.4 Å². The van der Waals surface area contributed by atoms with Crippen LogP contribution in [0.3, 0.4) is 0 Å². The summed E-state index contributed by atoms with van der Waals surface area (Å²) in [7, 11) is 0. The lowest BCUT2D eigenvalue weighted by Crippen LogP contribution is -2.36. The minimum absolute atomic E-state index is 0.0155. The minimum atomic E-state index is -0.114. The number of hydrazone groups is 1. The van der Waals surface area contributed by atoms with Crippen molar-refractivity contribution in [2.45, 2.75) is 38.6 Å². The van der Waals surface area contributed by atoms with E-state index in [-0.39, 0.29) is 29.0 Å². The van der Waals surface area contributed by atoms with E-state index in [2.05, 4.69) is 20.1 Å². The van der Waals surface area contributed by atoms with Gasteiger partial charge < -0.3 is 4.74 Å². The average Bonchev–Trinajstić information content (AvgIpc) is 3.46. The molecular weight excluding hydrogens is 380 g/mol. The summed E-state index contributed by atoms with van der Waals surface area (Å²) in [5.41, 5.74) is 2.26. The van der Waals surface area contributed by atoms with Crippen LogP contribution in [0, 0.1) is 35.5 Å². The van der Waals surface area contributed by atoms with Crippen molar-refractivity contribution in [3.05, 3.63) is 47.7 Å². The van der Waals surface area contributed by atoms with Gasteiger partial charge in [-0.2, -0.15) is 10.4 Å². The lowest BCUT2D eigenvalue weighted by molar-refractivity contribution is -0.138. The van der Waals surface area contributed by atoms with Crippen molar-refractivity contribution in [1.82, 2.24) is 20.0 Å². The van der Waals surface area contributed by atoms with Gasteiger partial charge in [0, 0.05) is 30.2 Å². The molecular formula is C22H22N6O2. The molecule has 3 saturated carbocycles. The Morgan fingerprint density at radius 1 is 1.23 bits per heavy atom. The summed E-state index contributed by atoms with van der Waals surface area (Å²) in [4.78, 5) is 25.9. The molecule has 30 heavy (non-hydrogen) atoms. The van der Waals surface area contributed by atoms with Gasteiger partial charge in [-0.3, -0.25) is 9.78 Å². The maximum atomic E-state index is 13.3. The molecule has 1 amide bonds. The highest BCUT2D eigenvalue weighted by molar-refractivity contribution is 5.83.